The van der Waals surface area contributed by atoms with E-state index in [1.165, 1.54) is 6.26 Å². The molecule has 1 aromatic rings. The van der Waals surface area contributed by atoms with E-state index < -0.39 is 9.84 Å². The zero-order chi connectivity index (χ0) is 12.9. The molecule has 1 aromatic carbocycles. The molecule has 0 saturated carbocycles. The molecule has 0 amide bonds. The highest BCUT2D eigenvalue weighted by molar-refractivity contribution is 7.90. The molecular weight excluding hydrogens is 262 g/mol. The van der Waals surface area contributed by atoms with Crippen LogP contribution in [0.5, 0.6) is 5.75 Å². The van der Waals surface area contributed by atoms with Crippen molar-refractivity contribution in [3.8, 4) is 5.75 Å². The maximum Gasteiger partial charge on any atom is 0.147 e. The molecule has 0 spiro atoms. The van der Waals surface area contributed by atoms with E-state index in [4.69, 9.17) is 22.1 Å². The van der Waals surface area contributed by atoms with E-state index in [2.05, 4.69) is 0 Å². The van der Waals surface area contributed by atoms with Crippen LogP contribution in [0.15, 0.2) is 24.3 Å². The predicted molar refractivity (Wildman–Crippen MR) is 69.3 cm³/mol. The van der Waals surface area contributed by atoms with E-state index in [1.54, 1.807) is 24.3 Å². The molecule has 0 fully saturated rings. The summed E-state index contributed by atoms with van der Waals surface area (Å²) in [7, 11) is -2.96. The van der Waals surface area contributed by atoms with Gasteiger partial charge >= 0.3 is 0 Å². The van der Waals surface area contributed by atoms with Gasteiger partial charge in [-0.2, -0.15) is 0 Å². The molecule has 96 valence electrons. The Kier molecular flexibility index (Phi) is 5.24. The number of hydrogen-bond donors (Lipinski definition) is 1. The summed E-state index contributed by atoms with van der Waals surface area (Å²) in [5, 5.41) is 0.638. The Morgan fingerprint density at radius 3 is 2.47 bits per heavy atom. The molecule has 4 nitrogen and oxygen atoms in total. The van der Waals surface area contributed by atoms with Crippen molar-refractivity contribution in [1.29, 1.82) is 0 Å². The molecule has 1 rings (SSSR count). The van der Waals surface area contributed by atoms with Gasteiger partial charge in [-0.05, 0) is 30.7 Å². The Morgan fingerprint density at radius 2 is 1.94 bits per heavy atom. The molecule has 1 atom stereocenters. The number of rotatable bonds is 6. The Balaban J connectivity index is 2.33. The SMILES string of the molecule is CS(=O)(=O)CCC(N)COc1ccc(Cl)cc1. The first-order chi connectivity index (χ1) is 7.87. The molecule has 0 heterocycles. The van der Waals surface area contributed by atoms with Crippen LogP contribution in [0, 0.1) is 0 Å². The molecular formula is C11H16ClNO3S. The highest BCUT2D eigenvalue weighted by Gasteiger charge is 2.08. The van der Waals surface area contributed by atoms with Crippen molar-refractivity contribution >= 4 is 21.4 Å². The summed E-state index contributed by atoms with van der Waals surface area (Å²) >= 11 is 5.73. The molecule has 6 heteroatoms. The van der Waals surface area contributed by atoms with E-state index in [0.29, 0.717) is 17.2 Å². The van der Waals surface area contributed by atoms with Crippen molar-refractivity contribution in [2.45, 2.75) is 12.5 Å². The Morgan fingerprint density at radius 1 is 1.35 bits per heavy atom. The van der Waals surface area contributed by atoms with Crippen molar-refractivity contribution in [3.05, 3.63) is 29.3 Å². The molecule has 1 unspecified atom stereocenters. The highest BCUT2D eigenvalue weighted by Crippen LogP contribution is 2.15. The average molecular weight is 278 g/mol. The first kappa shape index (κ1) is 14.3. The Labute approximate surface area is 107 Å². The zero-order valence-electron chi connectivity index (χ0n) is 9.60. The monoisotopic (exact) mass is 277 g/mol. The van der Waals surface area contributed by atoms with Gasteiger partial charge in [-0.25, -0.2) is 8.42 Å². The quantitative estimate of drug-likeness (QED) is 0.855. The molecule has 0 aliphatic rings. The Bertz CT molecular complexity index is 444. The van der Waals surface area contributed by atoms with Gasteiger partial charge in [0.05, 0.1) is 5.75 Å². The topological polar surface area (TPSA) is 69.4 Å². The van der Waals surface area contributed by atoms with Crippen molar-refractivity contribution in [2.75, 3.05) is 18.6 Å². The molecule has 0 radical (unpaired) electrons. The van der Waals surface area contributed by atoms with Gasteiger partial charge in [0, 0.05) is 17.3 Å². The first-order valence-electron chi connectivity index (χ1n) is 5.18. The van der Waals surface area contributed by atoms with Gasteiger partial charge in [-0.1, -0.05) is 11.6 Å². The second-order valence-electron chi connectivity index (χ2n) is 3.94. The van der Waals surface area contributed by atoms with Crippen molar-refractivity contribution < 1.29 is 13.2 Å². The fraction of sp³-hybridized carbons (Fsp3) is 0.455. The van der Waals surface area contributed by atoms with Crippen LogP contribution in [0.25, 0.3) is 0 Å². The van der Waals surface area contributed by atoms with Gasteiger partial charge in [0.25, 0.3) is 0 Å². The van der Waals surface area contributed by atoms with Crippen molar-refractivity contribution in [2.24, 2.45) is 5.73 Å². The van der Waals surface area contributed by atoms with Crippen molar-refractivity contribution in [3.63, 3.8) is 0 Å². The third-order valence-corrected chi connectivity index (χ3v) is 3.37. The van der Waals surface area contributed by atoms with Gasteiger partial charge in [-0.15, -0.1) is 0 Å². The summed E-state index contributed by atoms with van der Waals surface area (Å²) in [6, 6.07) is 6.63. The number of sulfone groups is 1. The lowest BCUT2D eigenvalue weighted by molar-refractivity contribution is 0.285. The minimum atomic E-state index is -2.96. The molecule has 0 saturated heterocycles. The van der Waals surface area contributed by atoms with E-state index in [0.717, 1.165) is 0 Å². The van der Waals surface area contributed by atoms with Crippen LogP contribution in [-0.2, 0) is 9.84 Å². The summed E-state index contributed by atoms with van der Waals surface area (Å²) in [6.45, 7) is 0.289. The third kappa shape index (κ3) is 6.51. The molecule has 0 bridgehead atoms. The predicted octanol–water partition coefficient (Wildman–Crippen LogP) is 1.48. The average Bonchev–Trinajstić information content (AvgIpc) is 2.25. The zero-order valence-corrected chi connectivity index (χ0v) is 11.2. The molecule has 0 aliphatic carbocycles. The van der Waals surface area contributed by atoms with Crippen LogP contribution in [0.4, 0.5) is 0 Å². The van der Waals surface area contributed by atoms with Crippen LogP contribution in [0.3, 0.4) is 0 Å². The maximum absolute atomic E-state index is 10.9. The van der Waals surface area contributed by atoms with E-state index in [9.17, 15) is 8.42 Å². The number of halogens is 1. The fourth-order valence-corrected chi connectivity index (χ4v) is 2.04. The molecule has 17 heavy (non-hydrogen) atoms. The van der Waals surface area contributed by atoms with Gasteiger partial charge in [0.15, 0.2) is 0 Å². The second kappa shape index (κ2) is 6.23. The Hall–Kier alpha value is -0.780. The van der Waals surface area contributed by atoms with Crippen LogP contribution >= 0.6 is 11.6 Å². The number of ether oxygens (including phenoxy) is 1. The minimum Gasteiger partial charge on any atom is -0.492 e. The maximum atomic E-state index is 10.9. The van der Waals surface area contributed by atoms with Crippen LogP contribution in [-0.4, -0.2) is 33.1 Å². The number of hydrogen-bond acceptors (Lipinski definition) is 4. The lowest BCUT2D eigenvalue weighted by atomic mass is 10.2. The summed E-state index contributed by atoms with van der Waals surface area (Å²) in [5.41, 5.74) is 5.74. The summed E-state index contributed by atoms with van der Waals surface area (Å²) in [5.74, 6) is 0.752. The summed E-state index contributed by atoms with van der Waals surface area (Å²) in [4.78, 5) is 0. The van der Waals surface area contributed by atoms with Crippen LogP contribution in [0.1, 0.15) is 6.42 Å². The fourth-order valence-electron chi connectivity index (χ4n) is 1.18. The smallest absolute Gasteiger partial charge is 0.147 e. The lowest BCUT2D eigenvalue weighted by Crippen LogP contribution is -2.30. The normalized spacial score (nSPS) is 13.4. The van der Waals surface area contributed by atoms with E-state index >= 15 is 0 Å². The van der Waals surface area contributed by atoms with Gasteiger partial charge < -0.3 is 10.5 Å². The van der Waals surface area contributed by atoms with Gasteiger partial charge in [0.1, 0.15) is 22.2 Å². The molecule has 2 N–H and O–H groups in total. The summed E-state index contributed by atoms with van der Waals surface area (Å²) < 4.78 is 27.3. The first-order valence-corrected chi connectivity index (χ1v) is 7.62. The number of benzene rings is 1. The van der Waals surface area contributed by atoms with Crippen molar-refractivity contribution in [1.82, 2.24) is 0 Å². The van der Waals surface area contributed by atoms with Gasteiger partial charge in [-0.3, -0.25) is 0 Å². The lowest BCUT2D eigenvalue weighted by Gasteiger charge is -2.12. The van der Waals surface area contributed by atoms with Crippen LogP contribution in [0.2, 0.25) is 5.02 Å². The summed E-state index contributed by atoms with van der Waals surface area (Å²) in [6.07, 6.45) is 1.59. The largest absolute Gasteiger partial charge is 0.492 e. The number of nitrogens with two attached hydrogens (primary N) is 1. The molecule has 0 aliphatic heterocycles. The van der Waals surface area contributed by atoms with Crippen LogP contribution < -0.4 is 10.5 Å². The highest BCUT2D eigenvalue weighted by atomic mass is 35.5. The van der Waals surface area contributed by atoms with Gasteiger partial charge in [0.2, 0.25) is 0 Å². The standard InChI is InChI=1S/C11H16ClNO3S/c1-17(14,15)7-6-10(13)8-16-11-4-2-9(12)3-5-11/h2-5,10H,6-8,13H2,1H3. The van der Waals surface area contributed by atoms with E-state index in [1.807, 2.05) is 0 Å². The second-order valence-corrected chi connectivity index (χ2v) is 6.64. The third-order valence-electron chi connectivity index (χ3n) is 2.14. The minimum absolute atomic E-state index is 0.0815. The van der Waals surface area contributed by atoms with E-state index in [-0.39, 0.29) is 18.4 Å². The molecule has 0 aromatic heterocycles.